The molecule has 0 unspecified atom stereocenters. The second-order valence-corrected chi connectivity index (χ2v) is 11.8. The first kappa shape index (κ1) is 29.2. The van der Waals surface area contributed by atoms with Gasteiger partial charge in [0.05, 0.1) is 16.2 Å². The van der Waals surface area contributed by atoms with Crippen LogP contribution in [0.15, 0.2) is 53.4 Å². The Kier molecular flexibility index (Phi) is 8.92. The van der Waals surface area contributed by atoms with Crippen molar-refractivity contribution in [2.45, 2.75) is 43.8 Å². The summed E-state index contributed by atoms with van der Waals surface area (Å²) in [6.07, 6.45) is -2.88. The summed E-state index contributed by atoms with van der Waals surface area (Å²) in [5, 5.41) is 5.56. The van der Waals surface area contributed by atoms with Gasteiger partial charge in [0, 0.05) is 38.7 Å². The molecular weight excluding hydrogens is 545 g/mol. The summed E-state index contributed by atoms with van der Waals surface area (Å²) in [6, 6.07) is 11.6. The van der Waals surface area contributed by atoms with Crippen molar-refractivity contribution in [1.29, 1.82) is 0 Å². The van der Waals surface area contributed by atoms with Crippen molar-refractivity contribution in [3.63, 3.8) is 0 Å². The van der Waals surface area contributed by atoms with Crippen LogP contribution in [0.2, 0.25) is 0 Å². The molecule has 3 aromatic rings. The van der Waals surface area contributed by atoms with Crippen LogP contribution in [0.5, 0.6) is 0 Å². The highest BCUT2D eigenvalue weighted by Crippen LogP contribution is 2.32. The van der Waals surface area contributed by atoms with Gasteiger partial charge in [0.2, 0.25) is 17.8 Å². The Bertz CT molecular complexity index is 1440. The third-order valence-electron chi connectivity index (χ3n) is 6.87. The first-order valence-corrected chi connectivity index (χ1v) is 14.6. The van der Waals surface area contributed by atoms with Crippen LogP contribution in [0.25, 0.3) is 11.4 Å². The normalized spacial score (nSPS) is 14.7. The number of hydrogen-bond donors (Lipinski definition) is 2. The van der Waals surface area contributed by atoms with Gasteiger partial charge >= 0.3 is 6.18 Å². The number of benzene rings is 2. The number of halogens is 3. The van der Waals surface area contributed by atoms with E-state index in [2.05, 4.69) is 25.6 Å². The lowest BCUT2D eigenvalue weighted by Crippen LogP contribution is -2.37. The first-order chi connectivity index (χ1) is 19.0. The molecule has 0 atom stereocenters. The molecule has 2 heterocycles. The third-order valence-corrected chi connectivity index (χ3v) is 8.62. The number of rotatable bonds is 9. The van der Waals surface area contributed by atoms with Crippen LogP contribution in [0.4, 0.5) is 25.1 Å². The van der Waals surface area contributed by atoms with E-state index in [1.54, 1.807) is 26.1 Å². The van der Waals surface area contributed by atoms with E-state index in [1.165, 1.54) is 30.3 Å². The van der Waals surface area contributed by atoms with E-state index in [9.17, 15) is 26.4 Å². The van der Waals surface area contributed by atoms with E-state index in [1.807, 2.05) is 4.90 Å². The Morgan fingerprint density at radius 3 is 2.33 bits per heavy atom. The van der Waals surface area contributed by atoms with Crippen LogP contribution in [0.3, 0.4) is 0 Å². The molecule has 0 aliphatic carbocycles. The summed E-state index contributed by atoms with van der Waals surface area (Å²) >= 11 is 0. The standard InChI is InChI=1S/C27H31F3N6O3S/c1-3-40(38,39)21-10-8-19(9-11-21)24-33-25(31-2)35-26(34-24)36-14-12-18(13-15-36)16-23(37)32-17-20-6-4-5-7-22(20)27(28,29)30/h4-11,18H,3,12-17H2,1-2H3,(H,32,37)(H,31,33,34,35). The molecule has 1 aromatic heterocycles. The molecule has 1 aliphatic heterocycles. The predicted octanol–water partition coefficient (Wildman–Crippen LogP) is 4.32. The zero-order chi connectivity index (χ0) is 28.9. The molecule has 214 valence electrons. The average Bonchev–Trinajstić information content (AvgIpc) is 2.96. The number of carbonyl (C=O) groups is 1. The van der Waals surface area contributed by atoms with Gasteiger partial charge in [-0.2, -0.15) is 28.1 Å². The summed E-state index contributed by atoms with van der Waals surface area (Å²) in [7, 11) is -1.63. The Morgan fingerprint density at radius 2 is 1.70 bits per heavy atom. The Balaban J connectivity index is 1.37. The maximum Gasteiger partial charge on any atom is 0.416 e. The summed E-state index contributed by atoms with van der Waals surface area (Å²) in [5.41, 5.74) is -0.0668. The minimum Gasteiger partial charge on any atom is -0.357 e. The van der Waals surface area contributed by atoms with Crippen molar-refractivity contribution in [2.75, 3.05) is 36.1 Å². The van der Waals surface area contributed by atoms with Gasteiger partial charge in [-0.05, 0) is 54.7 Å². The monoisotopic (exact) mass is 576 g/mol. The molecule has 1 saturated heterocycles. The molecule has 1 aliphatic rings. The second-order valence-electron chi connectivity index (χ2n) is 9.53. The predicted molar refractivity (Wildman–Crippen MR) is 145 cm³/mol. The number of aromatic nitrogens is 3. The van der Waals surface area contributed by atoms with E-state index in [4.69, 9.17) is 0 Å². The molecule has 2 N–H and O–H groups in total. The minimum absolute atomic E-state index is 0.00971. The fourth-order valence-electron chi connectivity index (χ4n) is 4.54. The Morgan fingerprint density at radius 1 is 1.02 bits per heavy atom. The van der Waals surface area contributed by atoms with Crippen LogP contribution in [0, 0.1) is 5.92 Å². The molecule has 2 aromatic carbocycles. The lowest BCUT2D eigenvalue weighted by atomic mass is 9.93. The van der Waals surface area contributed by atoms with Gasteiger partial charge in [0.25, 0.3) is 0 Å². The fourth-order valence-corrected chi connectivity index (χ4v) is 5.43. The molecule has 1 amide bonds. The van der Waals surface area contributed by atoms with E-state index in [-0.39, 0.29) is 41.0 Å². The molecule has 0 spiro atoms. The summed E-state index contributed by atoms with van der Waals surface area (Å²) in [6.45, 7) is 2.59. The minimum atomic E-state index is -4.48. The molecule has 13 heteroatoms. The zero-order valence-electron chi connectivity index (χ0n) is 22.2. The highest BCUT2D eigenvalue weighted by atomic mass is 32.2. The first-order valence-electron chi connectivity index (χ1n) is 12.9. The molecule has 4 rings (SSSR count). The quantitative estimate of drug-likeness (QED) is 0.387. The number of amides is 1. The molecule has 9 nitrogen and oxygen atoms in total. The number of carbonyl (C=O) groups excluding carboxylic acids is 1. The van der Waals surface area contributed by atoms with Gasteiger partial charge in [0.1, 0.15) is 0 Å². The lowest BCUT2D eigenvalue weighted by Gasteiger charge is -2.32. The fraction of sp³-hybridized carbons (Fsp3) is 0.407. The average molecular weight is 577 g/mol. The smallest absolute Gasteiger partial charge is 0.357 e. The van der Waals surface area contributed by atoms with Crippen LogP contribution < -0.4 is 15.5 Å². The van der Waals surface area contributed by atoms with Crippen molar-refractivity contribution in [1.82, 2.24) is 20.3 Å². The van der Waals surface area contributed by atoms with Gasteiger partial charge in [0.15, 0.2) is 15.7 Å². The van der Waals surface area contributed by atoms with Gasteiger partial charge in [-0.25, -0.2) is 8.42 Å². The lowest BCUT2D eigenvalue weighted by molar-refractivity contribution is -0.138. The summed E-state index contributed by atoms with van der Waals surface area (Å²) in [5.74, 6) is 1.03. The van der Waals surface area contributed by atoms with E-state index in [0.29, 0.717) is 49.2 Å². The van der Waals surface area contributed by atoms with Crippen LogP contribution in [-0.4, -0.2) is 55.2 Å². The van der Waals surface area contributed by atoms with Crippen LogP contribution >= 0.6 is 0 Å². The van der Waals surface area contributed by atoms with Crippen molar-refractivity contribution in [3.05, 3.63) is 59.7 Å². The van der Waals surface area contributed by atoms with Crippen molar-refractivity contribution in [3.8, 4) is 11.4 Å². The molecule has 0 radical (unpaired) electrons. The number of hydrogen-bond acceptors (Lipinski definition) is 8. The SMILES string of the molecule is CCS(=O)(=O)c1ccc(-c2nc(NC)nc(N3CCC(CC(=O)NCc4ccccc4C(F)(F)F)CC3)n2)cc1. The molecule has 40 heavy (non-hydrogen) atoms. The largest absolute Gasteiger partial charge is 0.416 e. The topological polar surface area (TPSA) is 117 Å². The number of anilines is 2. The van der Waals surface area contributed by atoms with Gasteiger partial charge < -0.3 is 15.5 Å². The highest BCUT2D eigenvalue weighted by Gasteiger charge is 2.33. The molecular formula is C27H31F3N6O3S. The van der Waals surface area contributed by atoms with Crippen molar-refractivity contribution >= 4 is 27.6 Å². The number of nitrogens with zero attached hydrogens (tertiary/aromatic N) is 4. The van der Waals surface area contributed by atoms with Gasteiger partial charge in [-0.3, -0.25) is 4.79 Å². The van der Waals surface area contributed by atoms with Gasteiger partial charge in [-0.1, -0.05) is 25.1 Å². The highest BCUT2D eigenvalue weighted by molar-refractivity contribution is 7.91. The number of piperidine rings is 1. The maximum absolute atomic E-state index is 13.2. The van der Waals surface area contributed by atoms with E-state index >= 15 is 0 Å². The Labute approximate surface area is 231 Å². The van der Waals surface area contributed by atoms with E-state index in [0.717, 1.165) is 6.07 Å². The molecule has 0 saturated carbocycles. The van der Waals surface area contributed by atoms with Crippen LogP contribution in [0.1, 0.15) is 37.3 Å². The Hall–Kier alpha value is -3.74. The summed E-state index contributed by atoms with van der Waals surface area (Å²) in [4.78, 5) is 28.2. The zero-order valence-corrected chi connectivity index (χ0v) is 23.0. The van der Waals surface area contributed by atoms with Gasteiger partial charge in [-0.15, -0.1) is 0 Å². The molecule has 0 bridgehead atoms. The number of nitrogens with one attached hydrogen (secondary N) is 2. The summed E-state index contributed by atoms with van der Waals surface area (Å²) < 4.78 is 63.9. The molecule has 1 fully saturated rings. The second kappa shape index (κ2) is 12.2. The maximum atomic E-state index is 13.2. The van der Waals surface area contributed by atoms with E-state index < -0.39 is 21.6 Å². The van der Waals surface area contributed by atoms with Crippen LogP contribution in [-0.2, 0) is 27.4 Å². The van der Waals surface area contributed by atoms with Crippen molar-refractivity contribution < 1.29 is 26.4 Å². The number of sulfone groups is 1. The third kappa shape index (κ3) is 7.06. The number of alkyl halides is 3. The van der Waals surface area contributed by atoms with Crippen molar-refractivity contribution in [2.24, 2.45) is 5.92 Å².